The monoisotopic (exact) mass is 289 g/mol. The second kappa shape index (κ2) is 7.33. The average Bonchev–Trinajstić information content (AvgIpc) is 3.01. The normalized spacial score (nSPS) is 11.7. The number of nitrogens with one attached hydrogen (secondary N) is 2. The van der Waals surface area contributed by atoms with Crippen LogP contribution in [0, 0.1) is 0 Å². The van der Waals surface area contributed by atoms with Gasteiger partial charge in [-0.15, -0.1) is 0 Å². The van der Waals surface area contributed by atoms with Crippen LogP contribution in [0.25, 0.3) is 0 Å². The van der Waals surface area contributed by atoms with E-state index in [4.69, 9.17) is 9.47 Å². The Morgan fingerprint density at radius 3 is 2.67 bits per heavy atom. The number of amides is 1. The van der Waals surface area contributed by atoms with Crippen molar-refractivity contribution in [2.75, 3.05) is 13.7 Å². The molecule has 21 heavy (non-hydrogen) atoms. The van der Waals surface area contributed by atoms with Crippen LogP contribution in [0.15, 0.2) is 36.7 Å². The Balaban J connectivity index is 1.76. The number of ether oxygens (including phenoxy) is 2. The van der Waals surface area contributed by atoms with Crippen molar-refractivity contribution in [1.29, 1.82) is 0 Å². The van der Waals surface area contributed by atoms with Crippen molar-refractivity contribution < 1.29 is 14.3 Å². The van der Waals surface area contributed by atoms with Crippen LogP contribution in [-0.2, 0) is 11.2 Å². The largest absolute Gasteiger partial charge is 0.497 e. The minimum atomic E-state index is -0.560. The summed E-state index contributed by atoms with van der Waals surface area (Å²) < 4.78 is 10.6. The van der Waals surface area contributed by atoms with Gasteiger partial charge >= 0.3 is 0 Å². The fourth-order valence-corrected chi connectivity index (χ4v) is 1.79. The predicted octanol–water partition coefficient (Wildman–Crippen LogP) is 1.54. The van der Waals surface area contributed by atoms with Gasteiger partial charge in [0.25, 0.3) is 5.91 Å². The molecule has 0 bridgehead atoms. The summed E-state index contributed by atoms with van der Waals surface area (Å²) in [6, 6.07) is 7.12. The van der Waals surface area contributed by atoms with Gasteiger partial charge in [-0.1, -0.05) is 0 Å². The van der Waals surface area contributed by atoms with Crippen molar-refractivity contribution in [3.05, 3.63) is 42.5 Å². The first-order chi connectivity index (χ1) is 10.2. The molecule has 1 aromatic heterocycles. The lowest BCUT2D eigenvalue weighted by Gasteiger charge is -2.14. The van der Waals surface area contributed by atoms with Crippen LogP contribution in [-0.4, -0.2) is 35.6 Å². The fourth-order valence-electron chi connectivity index (χ4n) is 1.79. The number of methoxy groups -OCH3 is 1. The van der Waals surface area contributed by atoms with E-state index < -0.39 is 6.10 Å². The van der Waals surface area contributed by atoms with Gasteiger partial charge in [0, 0.05) is 25.4 Å². The number of aromatic nitrogens is 2. The smallest absolute Gasteiger partial charge is 0.260 e. The molecule has 1 aromatic carbocycles. The predicted molar refractivity (Wildman–Crippen MR) is 78.4 cm³/mol. The molecule has 0 radical (unpaired) electrons. The first-order valence-electron chi connectivity index (χ1n) is 6.75. The zero-order valence-corrected chi connectivity index (χ0v) is 12.1. The van der Waals surface area contributed by atoms with Gasteiger partial charge in [0.15, 0.2) is 6.10 Å². The zero-order valence-electron chi connectivity index (χ0n) is 12.1. The molecule has 0 saturated heterocycles. The van der Waals surface area contributed by atoms with Crippen LogP contribution < -0.4 is 14.8 Å². The summed E-state index contributed by atoms with van der Waals surface area (Å²) in [6.45, 7) is 2.23. The summed E-state index contributed by atoms with van der Waals surface area (Å²) in [6.07, 6.45) is 3.54. The molecule has 2 N–H and O–H groups in total. The van der Waals surface area contributed by atoms with E-state index in [1.807, 2.05) is 0 Å². The maximum absolute atomic E-state index is 11.9. The highest BCUT2D eigenvalue weighted by Crippen LogP contribution is 2.18. The SMILES string of the molecule is COc1ccc(OC(C)C(=O)NCCc2ncc[nH]2)cc1. The van der Waals surface area contributed by atoms with E-state index in [0.717, 1.165) is 11.6 Å². The van der Waals surface area contributed by atoms with Crippen LogP contribution in [0.1, 0.15) is 12.7 Å². The summed E-state index contributed by atoms with van der Waals surface area (Å²) in [7, 11) is 1.60. The van der Waals surface area contributed by atoms with Gasteiger partial charge in [0.2, 0.25) is 0 Å². The Hall–Kier alpha value is -2.50. The van der Waals surface area contributed by atoms with Crippen molar-refractivity contribution in [3.63, 3.8) is 0 Å². The summed E-state index contributed by atoms with van der Waals surface area (Å²) >= 11 is 0. The molecule has 1 unspecified atom stereocenters. The highest BCUT2D eigenvalue weighted by atomic mass is 16.5. The Morgan fingerprint density at radius 1 is 1.33 bits per heavy atom. The van der Waals surface area contributed by atoms with Crippen molar-refractivity contribution >= 4 is 5.91 Å². The molecule has 2 rings (SSSR count). The lowest BCUT2D eigenvalue weighted by atomic mass is 10.3. The van der Waals surface area contributed by atoms with Crippen molar-refractivity contribution in [1.82, 2.24) is 15.3 Å². The van der Waals surface area contributed by atoms with E-state index in [1.165, 1.54) is 0 Å². The van der Waals surface area contributed by atoms with E-state index in [-0.39, 0.29) is 5.91 Å². The summed E-state index contributed by atoms with van der Waals surface area (Å²) in [5.74, 6) is 2.07. The third kappa shape index (κ3) is 4.52. The number of aromatic amines is 1. The minimum Gasteiger partial charge on any atom is -0.497 e. The molecule has 1 heterocycles. The molecular weight excluding hydrogens is 270 g/mol. The first-order valence-corrected chi connectivity index (χ1v) is 6.75. The number of hydrogen-bond acceptors (Lipinski definition) is 4. The Bertz CT molecular complexity index is 552. The molecule has 0 spiro atoms. The van der Waals surface area contributed by atoms with E-state index in [0.29, 0.717) is 18.7 Å². The van der Waals surface area contributed by atoms with Gasteiger partial charge in [0.1, 0.15) is 17.3 Å². The number of benzene rings is 1. The van der Waals surface area contributed by atoms with Gasteiger partial charge in [-0.3, -0.25) is 4.79 Å². The van der Waals surface area contributed by atoms with E-state index in [1.54, 1.807) is 50.7 Å². The molecule has 112 valence electrons. The number of imidazole rings is 1. The number of H-pyrrole nitrogens is 1. The van der Waals surface area contributed by atoms with E-state index in [9.17, 15) is 4.79 Å². The topological polar surface area (TPSA) is 76.2 Å². The number of carbonyl (C=O) groups excluding carboxylic acids is 1. The Labute approximate surface area is 123 Å². The van der Waals surface area contributed by atoms with E-state index in [2.05, 4.69) is 15.3 Å². The summed E-state index contributed by atoms with van der Waals surface area (Å²) in [5.41, 5.74) is 0. The average molecular weight is 289 g/mol. The van der Waals surface area contributed by atoms with Crippen molar-refractivity contribution in [2.24, 2.45) is 0 Å². The summed E-state index contributed by atoms with van der Waals surface area (Å²) in [5, 5.41) is 2.81. The van der Waals surface area contributed by atoms with E-state index >= 15 is 0 Å². The van der Waals surface area contributed by atoms with Crippen LogP contribution >= 0.6 is 0 Å². The highest BCUT2D eigenvalue weighted by Gasteiger charge is 2.14. The number of hydrogen-bond donors (Lipinski definition) is 2. The van der Waals surface area contributed by atoms with Gasteiger partial charge < -0.3 is 19.8 Å². The Kier molecular flexibility index (Phi) is 5.20. The maximum atomic E-state index is 11.9. The van der Waals surface area contributed by atoms with Crippen LogP contribution in [0.5, 0.6) is 11.5 Å². The molecule has 6 heteroatoms. The van der Waals surface area contributed by atoms with Crippen molar-refractivity contribution in [3.8, 4) is 11.5 Å². The van der Waals surface area contributed by atoms with Crippen molar-refractivity contribution in [2.45, 2.75) is 19.4 Å². The molecule has 0 saturated carbocycles. The number of carbonyl (C=O) groups is 1. The second-order valence-electron chi connectivity index (χ2n) is 4.51. The quantitative estimate of drug-likeness (QED) is 0.810. The number of nitrogens with zero attached hydrogens (tertiary/aromatic N) is 1. The molecular formula is C15H19N3O3. The fraction of sp³-hybridized carbons (Fsp3) is 0.333. The van der Waals surface area contributed by atoms with Gasteiger partial charge in [-0.2, -0.15) is 0 Å². The van der Waals surface area contributed by atoms with Crippen LogP contribution in [0.3, 0.4) is 0 Å². The van der Waals surface area contributed by atoms with Gasteiger partial charge in [0.05, 0.1) is 7.11 Å². The first kappa shape index (κ1) is 14.9. The van der Waals surface area contributed by atoms with Gasteiger partial charge in [-0.25, -0.2) is 4.98 Å². The molecule has 2 aromatic rings. The maximum Gasteiger partial charge on any atom is 0.260 e. The lowest BCUT2D eigenvalue weighted by molar-refractivity contribution is -0.127. The number of rotatable bonds is 7. The lowest BCUT2D eigenvalue weighted by Crippen LogP contribution is -2.37. The minimum absolute atomic E-state index is 0.155. The summed E-state index contributed by atoms with van der Waals surface area (Å²) in [4.78, 5) is 19.0. The third-order valence-corrected chi connectivity index (χ3v) is 2.96. The molecule has 0 aliphatic carbocycles. The Morgan fingerprint density at radius 2 is 2.05 bits per heavy atom. The molecule has 6 nitrogen and oxygen atoms in total. The molecule has 0 aliphatic heterocycles. The molecule has 0 fully saturated rings. The van der Waals surface area contributed by atoms with Gasteiger partial charge in [-0.05, 0) is 31.2 Å². The zero-order chi connectivity index (χ0) is 15.1. The molecule has 1 amide bonds. The highest BCUT2D eigenvalue weighted by molar-refractivity contribution is 5.80. The second-order valence-corrected chi connectivity index (χ2v) is 4.51. The third-order valence-electron chi connectivity index (χ3n) is 2.96. The standard InChI is InChI=1S/C15H19N3O3/c1-11(21-13-5-3-12(20-2)4-6-13)15(19)18-8-7-14-16-9-10-17-14/h3-6,9-11H,7-8H2,1-2H3,(H,16,17)(H,18,19). The van der Waals surface area contributed by atoms with Crippen LogP contribution in [0.4, 0.5) is 0 Å². The van der Waals surface area contributed by atoms with Crippen LogP contribution in [0.2, 0.25) is 0 Å². The molecule has 1 atom stereocenters. The molecule has 0 aliphatic rings.